The number of carboxylic acid groups (broad SMARTS) is 4. The van der Waals surface area contributed by atoms with E-state index in [1.165, 1.54) is 0 Å². The quantitative estimate of drug-likeness (QED) is 0.258. The molecule has 0 aliphatic heterocycles. The number of hydrogen-bond acceptors (Lipinski definition) is 6. The van der Waals surface area contributed by atoms with Gasteiger partial charge in [-0.2, -0.15) is 0 Å². The predicted molar refractivity (Wildman–Crippen MR) is 110 cm³/mol. The van der Waals surface area contributed by atoms with Crippen molar-refractivity contribution in [2.24, 2.45) is 10.7 Å². The summed E-state index contributed by atoms with van der Waals surface area (Å²) in [6.45, 7) is 0. The van der Waals surface area contributed by atoms with Crippen molar-refractivity contribution in [2.75, 3.05) is 0 Å². The van der Waals surface area contributed by atoms with Gasteiger partial charge >= 0.3 is 23.9 Å². The molecule has 2 rings (SSSR count). The maximum atomic E-state index is 9.55. The molecule has 0 aliphatic carbocycles. The fraction of sp³-hybridized carbons (Fsp3) is 0. The van der Waals surface area contributed by atoms with Gasteiger partial charge in [-0.05, 0) is 23.6 Å². The molecule has 30 heavy (non-hydrogen) atoms. The number of para-hydroxylation sites is 1. The molecule has 1 heterocycles. The zero-order valence-electron chi connectivity index (χ0n) is 15.3. The molecule has 10 nitrogen and oxygen atoms in total. The summed E-state index contributed by atoms with van der Waals surface area (Å²) >= 11 is 1.59. The molecule has 1 aromatic heterocycles. The second kappa shape index (κ2) is 14.8. The Morgan fingerprint density at radius 1 is 0.733 bits per heavy atom. The van der Waals surface area contributed by atoms with E-state index in [4.69, 9.17) is 26.2 Å². The van der Waals surface area contributed by atoms with E-state index in [9.17, 15) is 19.2 Å². The topological polar surface area (TPSA) is 188 Å². The lowest BCUT2D eigenvalue weighted by molar-refractivity contribution is -0.134. The summed E-state index contributed by atoms with van der Waals surface area (Å²) in [6, 6.07) is 13.6. The highest BCUT2D eigenvalue weighted by Crippen LogP contribution is 2.14. The zero-order chi connectivity index (χ0) is 22.9. The largest absolute Gasteiger partial charge is 0.478 e. The fourth-order valence-electron chi connectivity index (χ4n) is 1.41. The summed E-state index contributed by atoms with van der Waals surface area (Å²) < 4.78 is 0. The molecule has 0 bridgehead atoms. The van der Waals surface area contributed by atoms with Crippen LogP contribution in [0.2, 0.25) is 0 Å². The molecule has 0 amide bonds. The number of nitrogens with two attached hydrogens (primary N) is 1. The average Bonchev–Trinajstić information content (AvgIpc) is 3.22. The van der Waals surface area contributed by atoms with Gasteiger partial charge in [-0.15, -0.1) is 11.3 Å². The maximum absolute atomic E-state index is 9.55. The lowest BCUT2D eigenvalue weighted by Gasteiger charge is -1.96. The zero-order valence-corrected chi connectivity index (χ0v) is 16.1. The normalized spacial score (nSPS) is 10.5. The Morgan fingerprint density at radius 2 is 1.17 bits per heavy atom. The Hall–Kier alpha value is -4.25. The van der Waals surface area contributed by atoms with Crippen LogP contribution in [0.5, 0.6) is 0 Å². The molecule has 2 aromatic rings. The number of carboxylic acids is 4. The third kappa shape index (κ3) is 14.9. The Kier molecular flexibility index (Phi) is 12.7. The molecule has 0 saturated carbocycles. The fourth-order valence-corrected chi connectivity index (χ4v) is 2.03. The van der Waals surface area contributed by atoms with Gasteiger partial charge in [0.15, 0.2) is 0 Å². The molecular weight excluding hydrogens is 416 g/mol. The van der Waals surface area contributed by atoms with Gasteiger partial charge in [0.05, 0.1) is 10.6 Å². The maximum Gasteiger partial charge on any atom is 0.328 e. The van der Waals surface area contributed by atoms with Crippen molar-refractivity contribution in [1.82, 2.24) is 0 Å². The molecular formula is C19H18N2O8S. The van der Waals surface area contributed by atoms with E-state index >= 15 is 0 Å². The number of carbonyl (C=O) groups is 4. The van der Waals surface area contributed by atoms with Gasteiger partial charge in [-0.1, -0.05) is 24.3 Å². The first-order valence-corrected chi connectivity index (χ1v) is 8.70. The highest BCUT2D eigenvalue weighted by atomic mass is 32.1. The van der Waals surface area contributed by atoms with Crippen LogP contribution in [0.1, 0.15) is 4.88 Å². The predicted octanol–water partition coefficient (Wildman–Crippen LogP) is 2.21. The van der Waals surface area contributed by atoms with E-state index in [0.29, 0.717) is 30.1 Å². The first kappa shape index (κ1) is 25.8. The second-order valence-electron chi connectivity index (χ2n) is 4.83. The van der Waals surface area contributed by atoms with Gasteiger partial charge in [0.2, 0.25) is 0 Å². The van der Waals surface area contributed by atoms with Gasteiger partial charge in [-0.25, -0.2) is 24.2 Å². The minimum atomic E-state index is -1.26. The number of thiophene rings is 1. The molecule has 0 aliphatic rings. The van der Waals surface area contributed by atoms with Crippen LogP contribution < -0.4 is 5.73 Å². The van der Waals surface area contributed by atoms with Gasteiger partial charge in [0.1, 0.15) is 5.84 Å². The number of rotatable bonds is 6. The second-order valence-corrected chi connectivity index (χ2v) is 5.78. The third-order valence-corrected chi connectivity index (χ3v) is 3.41. The monoisotopic (exact) mass is 434 g/mol. The molecule has 6 N–H and O–H groups in total. The van der Waals surface area contributed by atoms with Crippen LogP contribution in [0.15, 0.2) is 77.1 Å². The molecule has 0 fully saturated rings. The molecule has 11 heteroatoms. The van der Waals surface area contributed by atoms with Crippen molar-refractivity contribution in [3.05, 3.63) is 77.0 Å². The summed E-state index contributed by atoms with van der Waals surface area (Å²) in [6.07, 6.45) is 2.23. The molecule has 1 aromatic carbocycles. The van der Waals surface area contributed by atoms with Crippen LogP contribution in [0.4, 0.5) is 5.69 Å². The van der Waals surface area contributed by atoms with E-state index in [-0.39, 0.29) is 0 Å². The summed E-state index contributed by atoms with van der Waals surface area (Å²) in [4.78, 5) is 43.5. The summed E-state index contributed by atoms with van der Waals surface area (Å²) in [7, 11) is 0. The van der Waals surface area contributed by atoms with Gasteiger partial charge in [-0.3, -0.25) is 0 Å². The SMILES string of the molecule is NC(=Nc1ccccc1)c1cccs1.O=C(O)/C=C/C(=O)O.O=C(O)/C=C/C(=O)O. The smallest absolute Gasteiger partial charge is 0.328 e. The van der Waals surface area contributed by atoms with Crippen LogP contribution in [0.3, 0.4) is 0 Å². The molecule has 0 unspecified atom stereocenters. The van der Waals surface area contributed by atoms with Crippen molar-refractivity contribution < 1.29 is 39.6 Å². The number of amidine groups is 1. The van der Waals surface area contributed by atoms with Crippen molar-refractivity contribution in [1.29, 1.82) is 0 Å². The highest BCUT2D eigenvalue weighted by Gasteiger charge is 1.98. The Labute approximate surface area is 174 Å². The van der Waals surface area contributed by atoms with E-state index in [1.54, 1.807) is 11.3 Å². The Morgan fingerprint density at radius 3 is 1.50 bits per heavy atom. The van der Waals surface area contributed by atoms with Gasteiger partial charge in [0.25, 0.3) is 0 Å². The number of nitrogens with zero attached hydrogens (tertiary/aromatic N) is 1. The van der Waals surface area contributed by atoms with Gasteiger partial charge in [0, 0.05) is 24.3 Å². The lowest BCUT2D eigenvalue weighted by atomic mass is 10.3. The van der Waals surface area contributed by atoms with E-state index in [1.807, 2.05) is 47.8 Å². The standard InChI is InChI=1S/C11H10N2S.2C4H4O4/c12-11(10-7-4-8-14-10)13-9-5-2-1-3-6-9;2*5-3(6)1-2-4(7)8/h1-8H,(H2,12,13);2*1-2H,(H,5,6)(H,7,8)/b;2*2-1+. The first-order chi connectivity index (χ1) is 14.1. The van der Waals surface area contributed by atoms with Crippen LogP contribution in [0, 0.1) is 0 Å². The Bertz CT molecular complexity index is 853. The van der Waals surface area contributed by atoms with Crippen LogP contribution in [0.25, 0.3) is 0 Å². The first-order valence-electron chi connectivity index (χ1n) is 7.82. The Balaban J connectivity index is 0.000000456. The summed E-state index contributed by atoms with van der Waals surface area (Å²) in [5.41, 5.74) is 6.72. The van der Waals surface area contributed by atoms with Gasteiger partial charge < -0.3 is 26.2 Å². The average molecular weight is 434 g/mol. The third-order valence-electron chi connectivity index (χ3n) is 2.52. The van der Waals surface area contributed by atoms with Crippen molar-refractivity contribution in [3.63, 3.8) is 0 Å². The molecule has 0 radical (unpaired) electrons. The minimum absolute atomic E-state index is 0.558. The van der Waals surface area contributed by atoms with Crippen LogP contribution >= 0.6 is 11.3 Å². The van der Waals surface area contributed by atoms with Crippen LogP contribution in [-0.2, 0) is 19.2 Å². The van der Waals surface area contributed by atoms with E-state index in [2.05, 4.69) is 4.99 Å². The van der Waals surface area contributed by atoms with E-state index in [0.717, 1.165) is 10.6 Å². The lowest BCUT2D eigenvalue weighted by Crippen LogP contribution is -2.10. The number of benzene rings is 1. The number of aliphatic imine (C=N–C) groups is 1. The van der Waals surface area contributed by atoms with Crippen molar-refractivity contribution in [3.8, 4) is 0 Å². The minimum Gasteiger partial charge on any atom is -0.478 e. The number of aliphatic carboxylic acids is 4. The van der Waals surface area contributed by atoms with Crippen LogP contribution in [-0.4, -0.2) is 50.1 Å². The number of hydrogen-bond donors (Lipinski definition) is 5. The molecule has 0 saturated heterocycles. The van der Waals surface area contributed by atoms with Crippen molar-refractivity contribution in [2.45, 2.75) is 0 Å². The highest BCUT2D eigenvalue weighted by molar-refractivity contribution is 7.12. The summed E-state index contributed by atoms with van der Waals surface area (Å²) in [5.74, 6) is -4.45. The molecule has 158 valence electrons. The summed E-state index contributed by atoms with van der Waals surface area (Å²) in [5, 5.41) is 33.2. The molecule has 0 atom stereocenters. The van der Waals surface area contributed by atoms with Crippen molar-refractivity contribution >= 4 is 46.7 Å². The molecule has 0 spiro atoms. The van der Waals surface area contributed by atoms with E-state index < -0.39 is 23.9 Å².